The first-order chi connectivity index (χ1) is 9.58. The molecule has 0 aliphatic rings. The van der Waals surface area contributed by atoms with Crippen molar-refractivity contribution in [1.82, 2.24) is 0 Å². The van der Waals surface area contributed by atoms with Gasteiger partial charge in [0.25, 0.3) is 0 Å². The van der Waals surface area contributed by atoms with E-state index in [-0.39, 0.29) is 0 Å². The molecular weight excluding hydrogens is 288 g/mol. The number of hydrogen-bond donors (Lipinski definition) is 0. The number of carbonyl (C=O) groups is 1. The van der Waals surface area contributed by atoms with E-state index in [0.717, 1.165) is 12.1 Å². The quantitative estimate of drug-likeness (QED) is 0.491. The highest BCUT2D eigenvalue weighted by Crippen LogP contribution is 2.13. The van der Waals surface area contributed by atoms with Crippen LogP contribution in [0.1, 0.15) is 15.9 Å². The molecular formula is C14H8ClF2NO2. The summed E-state index contributed by atoms with van der Waals surface area (Å²) in [5.74, 6) is -3.48. The Labute approximate surface area is 118 Å². The van der Waals surface area contributed by atoms with Gasteiger partial charge in [-0.05, 0) is 29.8 Å². The summed E-state index contributed by atoms with van der Waals surface area (Å²) in [5.41, 5.74) is 0.0817. The fourth-order valence-corrected chi connectivity index (χ4v) is 1.63. The second-order valence-corrected chi connectivity index (χ2v) is 4.21. The molecule has 0 aromatic heterocycles. The molecule has 0 N–H and O–H groups in total. The summed E-state index contributed by atoms with van der Waals surface area (Å²) in [7, 11) is 0. The maximum Gasteiger partial charge on any atom is 0.368 e. The van der Waals surface area contributed by atoms with Crippen LogP contribution >= 0.6 is 11.6 Å². The molecule has 0 aliphatic carbocycles. The molecule has 0 unspecified atom stereocenters. The van der Waals surface area contributed by atoms with Crippen LogP contribution in [-0.2, 0) is 4.84 Å². The molecule has 2 aromatic rings. The van der Waals surface area contributed by atoms with E-state index in [1.807, 2.05) is 0 Å². The monoisotopic (exact) mass is 295 g/mol. The summed E-state index contributed by atoms with van der Waals surface area (Å²) in [5, 5.41) is 3.90. The molecule has 0 aliphatic heterocycles. The zero-order valence-corrected chi connectivity index (χ0v) is 10.8. The molecule has 0 spiro atoms. The Hall–Kier alpha value is -2.27. The number of rotatable bonds is 3. The van der Waals surface area contributed by atoms with Gasteiger partial charge in [0.1, 0.15) is 5.56 Å². The smallest absolute Gasteiger partial charge is 0.313 e. The van der Waals surface area contributed by atoms with Gasteiger partial charge in [0.05, 0.1) is 6.21 Å². The average molecular weight is 296 g/mol. The van der Waals surface area contributed by atoms with Gasteiger partial charge in [-0.15, -0.1) is 0 Å². The minimum absolute atomic E-state index is 0.497. The van der Waals surface area contributed by atoms with Crippen LogP contribution in [0.3, 0.4) is 0 Å². The normalized spacial score (nSPS) is 10.8. The van der Waals surface area contributed by atoms with Gasteiger partial charge in [0.2, 0.25) is 0 Å². The number of oxime groups is 1. The summed E-state index contributed by atoms with van der Waals surface area (Å²) in [6.07, 6.45) is 1.24. The van der Waals surface area contributed by atoms with Gasteiger partial charge < -0.3 is 4.84 Å². The molecule has 0 bridgehead atoms. The van der Waals surface area contributed by atoms with Gasteiger partial charge in [-0.3, -0.25) is 0 Å². The van der Waals surface area contributed by atoms with Crippen molar-refractivity contribution in [2.24, 2.45) is 5.16 Å². The van der Waals surface area contributed by atoms with E-state index < -0.39 is 23.2 Å². The van der Waals surface area contributed by atoms with E-state index in [0.29, 0.717) is 10.6 Å². The van der Waals surface area contributed by atoms with Crippen molar-refractivity contribution in [3.8, 4) is 0 Å². The molecule has 0 fully saturated rings. The number of carbonyl (C=O) groups excluding carboxylic acids is 1. The van der Waals surface area contributed by atoms with Crippen LogP contribution in [-0.4, -0.2) is 12.2 Å². The van der Waals surface area contributed by atoms with Gasteiger partial charge >= 0.3 is 5.97 Å². The maximum absolute atomic E-state index is 13.3. The van der Waals surface area contributed by atoms with Crippen molar-refractivity contribution in [2.75, 3.05) is 0 Å². The van der Waals surface area contributed by atoms with Crippen LogP contribution in [0.2, 0.25) is 5.02 Å². The fourth-order valence-electron chi connectivity index (χ4n) is 1.43. The second kappa shape index (κ2) is 6.25. The van der Waals surface area contributed by atoms with Crippen LogP contribution < -0.4 is 0 Å². The average Bonchev–Trinajstić information content (AvgIpc) is 2.42. The highest BCUT2D eigenvalue weighted by Gasteiger charge is 2.16. The number of benzene rings is 2. The van der Waals surface area contributed by atoms with Gasteiger partial charge in [0, 0.05) is 5.02 Å². The van der Waals surface area contributed by atoms with Crippen LogP contribution in [0.25, 0.3) is 0 Å². The van der Waals surface area contributed by atoms with Gasteiger partial charge in [0.15, 0.2) is 11.6 Å². The van der Waals surface area contributed by atoms with E-state index in [4.69, 9.17) is 11.6 Å². The molecule has 20 heavy (non-hydrogen) atoms. The van der Waals surface area contributed by atoms with E-state index in [2.05, 4.69) is 9.99 Å². The molecule has 3 nitrogen and oxygen atoms in total. The van der Waals surface area contributed by atoms with E-state index in [1.165, 1.54) is 12.3 Å². The first kappa shape index (κ1) is 14.1. The number of nitrogens with zero attached hydrogens (tertiary/aromatic N) is 1. The van der Waals surface area contributed by atoms with Crippen molar-refractivity contribution in [3.05, 3.63) is 70.2 Å². The van der Waals surface area contributed by atoms with E-state index >= 15 is 0 Å². The van der Waals surface area contributed by atoms with Gasteiger partial charge in [-0.25, -0.2) is 13.6 Å². The summed E-state index contributed by atoms with van der Waals surface area (Å²) in [4.78, 5) is 16.0. The molecule has 0 atom stereocenters. The first-order valence-electron chi connectivity index (χ1n) is 5.52. The first-order valence-corrected chi connectivity index (χ1v) is 5.90. The molecule has 0 heterocycles. The largest absolute Gasteiger partial charge is 0.368 e. The van der Waals surface area contributed by atoms with Crippen molar-refractivity contribution in [1.29, 1.82) is 0 Å². The highest BCUT2D eigenvalue weighted by molar-refractivity contribution is 6.30. The SMILES string of the molecule is O=C(O/N=C\c1cccc(Cl)c1)c1cccc(F)c1F. The Balaban J connectivity index is 2.07. The lowest BCUT2D eigenvalue weighted by Crippen LogP contribution is -2.05. The van der Waals surface area contributed by atoms with Crippen molar-refractivity contribution >= 4 is 23.8 Å². The molecule has 0 saturated carbocycles. The predicted molar refractivity (Wildman–Crippen MR) is 70.8 cm³/mol. The molecule has 0 amide bonds. The van der Waals surface area contributed by atoms with E-state index in [9.17, 15) is 13.6 Å². The molecule has 0 saturated heterocycles. The topological polar surface area (TPSA) is 38.7 Å². The Morgan fingerprint density at radius 2 is 1.95 bits per heavy atom. The minimum atomic E-state index is -1.27. The lowest BCUT2D eigenvalue weighted by molar-refractivity contribution is 0.0512. The molecule has 0 radical (unpaired) electrons. The van der Waals surface area contributed by atoms with Crippen molar-refractivity contribution in [2.45, 2.75) is 0 Å². The highest BCUT2D eigenvalue weighted by atomic mass is 35.5. The zero-order chi connectivity index (χ0) is 14.5. The summed E-state index contributed by atoms with van der Waals surface area (Å²) < 4.78 is 26.2. The summed E-state index contributed by atoms with van der Waals surface area (Å²) in [6, 6.07) is 9.87. The third kappa shape index (κ3) is 3.39. The third-order valence-electron chi connectivity index (χ3n) is 2.36. The fraction of sp³-hybridized carbons (Fsp3) is 0. The third-order valence-corrected chi connectivity index (χ3v) is 2.59. The lowest BCUT2D eigenvalue weighted by atomic mass is 10.2. The standard InChI is InChI=1S/C14H8ClF2NO2/c15-10-4-1-3-9(7-10)8-18-20-14(19)11-5-2-6-12(16)13(11)17/h1-8H/b18-8-. The van der Waals surface area contributed by atoms with E-state index in [1.54, 1.807) is 24.3 Å². The minimum Gasteiger partial charge on any atom is -0.313 e. The Bertz CT molecular complexity index is 674. The van der Waals surface area contributed by atoms with Crippen LogP contribution in [0, 0.1) is 11.6 Å². The Kier molecular flexibility index (Phi) is 4.42. The lowest BCUT2D eigenvalue weighted by Gasteiger charge is -2.00. The maximum atomic E-state index is 13.3. The molecule has 6 heteroatoms. The summed E-state index contributed by atoms with van der Waals surface area (Å²) >= 11 is 5.76. The second-order valence-electron chi connectivity index (χ2n) is 3.77. The number of halogens is 3. The van der Waals surface area contributed by atoms with Crippen LogP contribution in [0.4, 0.5) is 8.78 Å². The van der Waals surface area contributed by atoms with Gasteiger partial charge in [-0.2, -0.15) is 0 Å². The molecule has 2 rings (SSSR count). The van der Waals surface area contributed by atoms with Crippen LogP contribution in [0.15, 0.2) is 47.6 Å². The predicted octanol–water partition coefficient (Wildman–Crippen LogP) is 3.81. The van der Waals surface area contributed by atoms with Gasteiger partial charge in [-0.1, -0.05) is 35.0 Å². The van der Waals surface area contributed by atoms with Crippen molar-refractivity contribution in [3.63, 3.8) is 0 Å². The zero-order valence-electron chi connectivity index (χ0n) is 10.0. The molecule has 2 aromatic carbocycles. The Morgan fingerprint density at radius 1 is 1.20 bits per heavy atom. The number of hydrogen-bond acceptors (Lipinski definition) is 3. The Morgan fingerprint density at radius 3 is 2.70 bits per heavy atom. The van der Waals surface area contributed by atoms with Crippen molar-refractivity contribution < 1.29 is 18.4 Å². The summed E-state index contributed by atoms with van der Waals surface area (Å²) in [6.45, 7) is 0. The van der Waals surface area contributed by atoms with Crippen LogP contribution in [0.5, 0.6) is 0 Å². The molecule has 102 valence electrons.